The molecule has 2 aromatic carbocycles. The van der Waals surface area contributed by atoms with Crippen molar-refractivity contribution in [2.75, 3.05) is 13.9 Å². The van der Waals surface area contributed by atoms with Gasteiger partial charge in [-0.3, -0.25) is 0 Å². The molecule has 0 atom stereocenters. The molecule has 110 valence electrons. The van der Waals surface area contributed by atoms with Gasteiger partial charge in [-0.1, -0.05) is 0 Å². The van der Waals surface area contributed by atoms with Crippen LogP contribution < -0.4 is 19.5 Å². The molecule has 0 aliphatic carbocycles. The Balaban J connectivity index is 1.57. The van der Waals surface area contributed by atoms with Crippen LogP contribution in [0.1, 0.15) is 11.1 Å². The first-order chi connectivity index (χ1) is 10.3. The lowest BCUT2D eigenvalue weighted by Crippen LogP contribution is -2.80. The molecule has 0 spiro atoms. The zero-order valence-electron chi connectivity index (χ0n) is 11.8. The van der Waals surface area contributed by atoms with Gasteiger partial charge in [-0.2, -0.15) is 0 Å². The van der Waals surface area contributed by atoms with Gasteiger partial charge in [-0.15, -0.1) is 0 Å². The van der Waals surface area contributed by atoms with Crippen molar-refractivity contribution in [2.24, 2.45) is 0 Å². The molecule has 0 radical (unpaired) electrons. The van der Waals surface area contributed by atoms with E-state index in [1.807, 2.05) is 18.2 Å². The van der Waals surface area contributed by atoms with Gasteiger partial charge >= 0.3 is 0 Å². The van der Waals surface area contributed by atoms with Crippen molar-refractivity contribution in [3.05, 3.63) is 52.0 Å². The molecule has 4 nitrogen and oxygen atoms in total. The Morgan fingerprint density at radius 1 is 1.05 bits per heavy atom. The lowest BCUT2D eigenvalue weighted by molar-refractivity contribution is -0.686. The predicted molar refractivity (Wildman–Crippen MR) is 82.6 cm³/mol. The highest BCUT2D eigenvalue weighted by molar-refractivity contribution is 9.10. The third-order valence-corrected chi connectivity index (χ3v) is 4.03. The maximum absolute atomic E-state index is 5.39. The zero-order valence-corrected chi connectivity index (χ0v) is 13.4. The Kier molecular flexibility index (Phi) is 4.31. The number of rotatable bonds is 5. The number of ether oxygens (including phenoxy) is 3. The van der Waals surface area contributed by atoms with Crippen molar-refractivity contribution in [1.29, 1.82) is 0 Å². The first-order valence-corrected chi connectivity index (χ1v) is 7.58. The van der Waals surface area contributed by atoms with Crippen LogP contribution in [-0.2, 0) is 13.1 Å². The van der Waals surface area contributed by atoms with E-state index in [4.69, 9.17) is 14.2 Å². The SMILES string of the molecule is COc1ccc(C[NH2+]Cc2ccc3c(c2)OCO3)cc1Br. The van der Waals surface area contributed by atoms with E-state index in [2.05, 4.69) is 39.4 Å². The van der Waals surface area contributed by atoms with Crippen LogP contribution >= 0.6 is 15.9 Å². The monoisotopic (exact) mass is 350 g/mol. The van der Waals surface area contributed by atoms with Crippen LogP contribution in [0.25, 0.3) is 0 Å². The summed E-state index contributed by atoms with van der Waals surface area (Å²) in [6.45, 7) is 2.14. The highest BCUT2D eigenvalue weighted by Crippen LogP contribution is 2.32. The van der Waals surface area contributed by atoms with Crippen LogP contribution in [0.2, 0.25) is 0 Å². The predicted octanol–water partition coefficient (Wildman–Crippen LogP) is 2.45. The first kappa shape index (κ1) is 14.2. The molecule has 1 heterocycles. The van der Waals surface area contributed by atoms with Crippen LogP contribution in [0.5, 0.6) is 17.2 Å². The Hall–Kier alpha value is -1.72. The highest BCUT2D eigenvalue weighted by Gasteiger charge is 2.13. The average Bonchev–Trinajstić information content (AvgIpc) is 2.95. The Labute approximate surface area is 132 Å². The Bertz CT molecular complexity index is 645. The quantitative estimate of drug-likeness (QED) is 0.900. The van der Waals surface area contributed by atoms with E-state index in [1.165, 1.54) is 11.1 Å². The maximum Gasteiger partial charge on any atom is 0.231 e. The molecule has 0 saturated carbocycles. The molecular weight excluding hydrogens is 334 g/mol. The van der Waals surface area contributed by atoms with E-state index < -0.39 is 0 Å². The molecule has 21 heavy (non-hydrogen) atoms. The summed E-state index contributed by atoms with van der Waals surface area (Å²) in [6.07, 6.45) is 0. The summed E-state index contributed by atoms with van der Waals surface area (Å²) in [7, 11) is 1.67. The molecule has 2 aromatic rings. The second kappa shape index (κ2) is 6.37. The summed E-state index contributed by atoms with van der Waals surface area (Å²) in [5, 5.41) is 2.26. The van der Waals surface area contributed by atoms with E-state index in [0.717, 1.165) is 34.8 Å². The average molecular weight is 351 g/mol. The van der Waals surface area contributed by atoms with Crippen molar-refractivity contribution >= 4 is 15.9 Å². The van der Waals surface area contributed by atoms with Gasteiger partial charge < -0.3 is 19.5 Å². The Morgan fingerprint density at radius 2 is 1.76 bits per heavy atom. The lowest BCUT2D eigenvalue weighted by atomic mass is 10.2. The fraction of sp³-hybridized carbons (Fsp3) is 0.250. The second-order valence-electron chi connectivity index (χ2n) is 4.85. The van der Waals surface area contributed by atoms with Gasteiger partial charge in [0.1, 0.15) is 18.8 Å². The smallest absolute Gasteiger partial charge is 0.231 e. The Morgan fingerprint density at radius 3 is 2.52 bits per heavy atom. The fourth-order valence-electron chi connectivity index (χ4n) is 2.31. The van der Waals surface area contributed by atoms with E-state index in [0.29, 0.717) is 6.79 Å². The fourth-order valence-corrected chi connectivity index (χ4v) is 2.90. The van der Waals surface area contributed by atoms with E-state index in [-0.39, 0.29) is 0 Å². The maximum atomic E-state index is 5.39. The minimum absolute atomic E-state index is 0.322. The minimum Gasteiger partial charge on any atom is -0.496 e. The lowest BCUT2D eigenvalue weighted by Gasteiger charge is -2.06. The zero-order chi connectivity index (χ0) is 14.7. The topological polar surface area (TPSA) is 44.3 Å². The molecule has 0 fully saturated rings. The van der Waals surface area contributed by atoms with E-state index in [1.54, 1.807) is 7.11 Å². The molecule has 0 amide bonds. The van der Waals surface area contributed by atoms with Gasteiger partial charge in [-0.05, 0) is 52.3 Å². The van der Waals surface area contributed by atoms with Crippen molar-refractivity contribution in [1.82, 2.24) is 0 Å². The van der Waals surface area contributed by atoms with Crippen LogP contribution in [0, 0.1) is 0 Å². The molecule has 1 aliphatic rings. The van der Waals surface area contributed by atoms with Crippen LogP contribution in [-0.4, -0.2) is 13.9 Å². The molecule has 3 rings (SSSR count). The molecule has 0 aromatic heterocycles. The third kappa shape index (κ3) is 3.31. The number of hydrogen-bond acceptors (Lipinski definition) is 3. The van der Waals surface area contributed by atoms with Crippen molar-refractivity contribution < 1.29 is 19.5 Å². The largest absolute Gasteiger partial charge is 0.496 e. The van der Waals surface area contributed by atoms with Crippen LogP contribution in [0.3, 0.4) is 0 Å². The van der Waals surface area contributed by atoms with Crippen molar-refractivity contribution in [2.45, 2.75) is 13.1 Å². The molecule has 0 bridgehead atoms. The molecule has 1 aliphatic heterocycles. The molecular formula is C16H17BrNO3+. The summed E-state index contributed by atoms with van der Waals surface area (Å²) in [6, 6.07) is 12.2. The van der Waals surface area contributed by atoms with Gasteiger partial charge in [0, 0.05) is 11.1 Å². The van der Waals surface area contributed by atoms with Gasteiger partial charge in [0.05, 0.1) is 11.6 Å². The van der Waals surface area contributed by atoms with Gasteiger partial charge in [-0.25, -0.2) is 0 Å². The normalized spacial score (nSPS) is 12.5. The van der Waals surface area contributed by atoms with Gasteiger partial charge in [0.25, 0.3) is 0 Å². The van der Waals surface area contributed by atoms with Crippen LogP contribution in [0.15, 0.2) is 40.9 Å². The molecule has 5 heteroatoms. The summed E-state index contributed by atoms with van der Waals surface area (Å²) < 4.78 is 16.9. The first-order valence-electron chi connectivity index (χ1n) is 6.79. The minimum atomic E-state index is 0.322. The number of methoxy groups -OCH3 is 1. The number of nitrogens with two attached hydrogens (primary N) is 1. The van der Waals surface area contributed by atoms with Crippen molar-refractivity contribution in [3.8, 4) is 17.2 Å². The third-order valence-electron chi connectivity index (χ3n) is 3.41. The van der Waals surface area contributed by atoms with E-state index in [9.17, 15) is 0 Å². The summed E-state index contributed by atoms with van der Waals surface area (Å²) in [4.78, 5) is 0. The number of quaternary nitrogens is 1. The highest BCUT2D eigenvalue weighted by atomic mass is 79.9. The molecule has 0 unspecified atom stereocenters. The standard InChI is InChI=1S/C16H16BrNO3/c1-19-14-4-2-11(6-13(14)17)8-18-9-12-3-5-15-16(7-12)21-10-20-15/h2-7,18H,8-10H2,1H3/p+1. The van der Waals surface area contributed by atoms with E-state index >= 15 is 0 Å². The molecule has 0 saturated heterocycles. The summed E-state index contributed by atoms with van der Waals surface area (Å²) in [5.74, 6) is 2.53. The van der Waals surface area contributed by atoms with Crippen molar-refractivity contribution in [3.63, 3.8) is 0 Å². The number of fused-ring (bicyclic) bond motifs is 1. The summed E-state index contributed by atoms with van der Waals surface area (Å²) in [5.41, 5.74) is 2.48. The van der Waals surface area contributed by atoms with Gasteiger partial charge in [0.2, 0.25) is 6.79 Å². The van der Waals surface area contributed by atoms with Gasteiger partial charge in [0.15, 0.2) is 11.5 Å². The molecule has 2 N–H and O–H groups in total. The number of hydrogen-bond donors (Lipinski definition) is 1. The van der Waals surface area contributed by atoms with Crippen LogP contribution in [0.4, 0.5) is 0 Å². The summed E-state index contributed by atoms with van der Waals surface area (Å²) >= 11 is 3.51. The number of benzene rings is 2. The second-order valence-corrected chi connectivity index (χ2v) is 5.71. The number of halogens is 1.